The van der Waals surface area contributed by atoms with Crippen molar-refractivity contribution in [2.45, 2.75) is 38.6 Å². The van der Waals surface area contributed by atoms with Crippen LogP contribution < -0.4 is 10.6 Å². The molecule has 0 aromatic heterocycles. The van der Waals surface area contributed by atoms with Crippen LogP contribution in [0.3, 0.4) is 0 Å². The molecule has 1 fully saturated rings. The maximum Gasteiger partial charge on any atom is 0.0377 e. The van der Waals surface area contributed by atoms with E-state index in [2.05, 4.69) is 48.7 Å². The fourth-order valence-corrected chi connectivity index (χ4v) is 2.32. The number of para-hydroxylation sites is 1. The molecule has 0 spiro atoms. The van der Waals surface area contributed by atoms with Gasteiger partial charge in [-0.05, 0) is 43.5 Å². The molecule has 1 heterocycles. The number of anilines is 1. The predicted octanol–water partition coefficient (Wildman–Crippen LogP) is 2.97. The maximum absolute atomic E-state index is 3.69. The Kier molecular flexibility index (Phi) is 3.83. The third-order valence-electron chi connectivity index (χ3n) is 3.28. The lowest BCUT2D eigenvalue weighted by Gasteiger charge is -2.26. The van der Waals surface area contributed by atoms with E-state index in [-0.39, 0.29) is 0 Å². The van der Waals surface area contributed by atoms with Crippen LogP contribution >= 0.6 is 0 Å². The van der Waals surface area contributed by atoms with Crippen LogP contribution in [0.15, 0.2) is 24.3 Å². The van der Waals surface area contributed by atoms with E-state index < -0.39 is 0 Å². The van der Waals surface area contributed by atoms with Gasteiger partial charge in [0.25, 0.3) is 0 Å². The van der Waals surface area contributed by atoms with Gasteiger partial charge in [-0.2, -0.15) is 0 Å². The Hall–Kier alpha value is -1.02. The molecule has 0 radical (unpaired) electrons. The zero-order chi connectivity index (χ0) is 11.4. The number of rotatable bonds is 3. The Bertz CT molecular complexity index is 327. The second-order valence-electron chi connectivity index (χ2n) is 4.91. The van der Waals surface area contributed by atoms with Crippen molar-refractivity contribution in [1.82, 2.24) is 5.32 Å². The lowest BCUT2D eigenvalue weighted by atomic mass is 9.99. The quantitative estimate of drug-likeness (QED) is 0.815. The Balaban J connectivity index is 2.07. The molecule has 2 nitrogen and oxygen atoms in total. The minimum Gasteiger partial charge on any atom is -0.382 e. The molecular weight excluding hydrogens is 196 g/mol. The molecule has 2 N–H and O–H groups in total. The molecule has 2 heteroatoms. The third-order valence-corrected chi connectivity index (χ3v) is 3.28. The van der Waals surface area contributed by atoms with E-state index in [1.54, 1.807) is 0 Å². The highest BCUT2D eigenvalue weighted by molar-refractivity contribution is 5.53. The average Bonchev–Trinajstić information content (AvgIpc) is 2.31. The summed E-state index contributed by atoms with van der Waals surface area (Å²) in [7, 11) is 0. The summed E-state index contributed by atoms with van der Waals surface area (Å²) in [5.41, 5.74) is 2.76. The van der Waals surface area contributed by atoms with Crippen LogP contribution in [0.25, 0.3) is 0 Å². The van der Waals surface area contributed by atoms with Gasteiger partial charge < -0.3 is 10.6 Å². The van der Waals surface area contributed by atoms with Crippen molar-refractivity contribution < 1.29 is 0 Å². The molecule has 1 aliphatic rings. The van der Waals surface area contributed by atoms with Gasteiger partial charge in [-0.25, -0.2) is 0 Å². The summed E-state index contributed by atoms with van der Waals surface area (Å²) in [6, 6.07) is 9.32. The first kappa shape index (κ1) is 11.5. The molecular formula is C14H22N2. The number of piperidine rings is 1. The topological polar surface area (TPSA) is 24.1 Å². The molecule has 1 aromatic rings. The molecule has 0 unspecified atom stereocenters. The van der Waals surface area contributed by atoms with Gasteiger partial charge in [0.05, 0.1) is 0 Å². The first-order valence-corrected chi connectivity index (χ1v) is 6.33. The smallest absolute Gasteiger partial charge is 0.0377 e. The molecule has 0 aliphatic carbocycles. The van der Waals surface area contributed by atoms with Crippen molar-refractivity contribution in [2.75, 3.05) is 18.4 Å². The number of benzene rings is 1. The summed E-state index contributed by atoms with van der Waals surface area (Å²) in [6.07, 6.45) is 2.46. The Morgan fingerprint density at radius 1 is 1.19 bits per heavy atom. The highest BCUT2D eigenvalue weighted by atomic mass is 15.0. The second-order valence-corrected chi connectivity index (χ2v) is 4.91. The number of nitrogens with one attached hydrogen (secondary N) is 2. The van der Waals surface area contributed by atoms with Gasteiger partial charge in [-0.1, -0.05) is 32.0 Å². The van der Waals surface area contributed by atoms with Crippen LogP contribution in [0.1, 0.15) is 38.2 Å². The minimum absolute atomic E-state index is 0.588. The van der Waals surface area contributed by atoms with E-state index in [0.717, 1.165) is 13.1 Å². The monoisotopic (exact) mass is 218 g/mol. The molecule has 0 saturated carbocycles. The van der Waals surface area contributed by atoms with Crippen molar-refractivity contribution in [3.63, 3.8) is 0 Å². The Morgan fingerprint density at radius 3 is 2.56 bits per heavy atom. The first-order valence-electron chi connectivity index (χ1n) is 6.33. The van der Waals surface area contributed by atoms with Crippen LogP contribution in [0.4, 0.5) is 5.69 Å². The molecule has 0 bridgehead atoms. The summed E-state index contributed by atoms with van der Waals surface area (Å²) in [5, 5.41) is 7.09. The fraction of sp³-hybridized carbons (Fsp3) is 0.571. The van der Waals surface area contributed by atoms with Gasteiger partial charge in [-0.3, -0.25) is 0 Å². The molecule has 1 aromatic carbocycles. The van der Waals surface area contributed by atoms with Crippen molar-refractivity contribution >= 4 is 5.69 Å². The van der Waals surface area contributed by atoms with Crippen LogP contribution in [0, 0.1) is 0 Å². The zero-order valence-corrected chi connectivity index (χ0v) is 10.3. The Labute approximate surface area is 98.4 Å². The molecule has 16 heavy (non-hydrogen) atoms. The van der Waals surface area contributed by atoms with Gasteiger partial charge in [-0.15, -0.1) is 0 Å². The van der Waals surface area contributed by atoms with Crippen LogP contribution in [0.2, 0.25) is 0 Å². The summed E-state index contributed by atoms with van der Waals surface area (Å²) < 4.78 is 0. The van der Waals surface area contributed by atoms with Gasteiger partial charge in [0.1, 0.15) is 0 Å². The summed E-state index contributed by atoms with van der Waals surface area (Å²) in [6.45, 7) is 6.79. The van der Waals surface area contributed by atoms with E-state index in [4.69, 9.17) is 0 Å². The van der Waals surface area contributed by atoms with E-state index >= 15 is 0 Å². The lowest BCUT2D eigenvalue weighted by Crippen LogP contribution is -2.35. The molecule has 2 rings (SSSR count). The molecule has 0 amide bonds. The van der Waals surface area contributed by atoms with E-state index in [9.17, 15) is 0 Å². The van der Waals surface area contributed by atoms with Crippen molar-refractivity contribution in [3.05, 3.63) is 29.8 Å². The molecule has 1 aliphatic heterocycles. The molecule has 1 saturated heterocycles. The number of hydrogen-bond donors (Lipinski definition) is 2. The van der Waals surface area contributed by atoms with E-state index in [0.29, 0.717) is 12.0 Å². The fourth-order valence-electron chi connectivity index (χ4n) is 2.32. The van der Waals surface area contributed by atoms with Crippen LogP contribution in [-0.4, -0.2) is 19.1 Å². The average molecular weight is 218 g/mol. The van der Waals surface area contributed by atoms with E-state index in [1.807, 2.05) is 0 Å². The normalized spacial score (nSPS) is 17.7. The maximum atomic E-state index is 3.69. The van der Waals surface area contributed by atoms with E-state index in [1.165, 1.54) is 24.1 Å². The van der Waals surface area contributed by atoms with Gasteiger partial charge in [0.2, 0.25) is 0 Å². The molecule has 88 valence electrons. The predicted molar refractivity (Wildman–Crippen MR) is 70.0 cm³/mol. The van der Waals surface area contributed by atoms with Crippen LogP contribution in [-0.2, 0) is 0 Å². The van der Waals surface area contributed by atoms with Crippen molar-refractivity contribution in [2.24, 2.45) is 0 Å². The molecule has 0 atom stereocenters. The number of hydrogen-bond acceptors (Lipinski definition) is 2. The largest absolute Gasteiger partial charge is 0.382 e. The van der Waals surface area contributed by atoms with Crippen molar-refractivity contribution in [3.8, 4) is 0 Å². The zero-order valence-electron chi connectivity index (χ0n) is 10.3. The SMILES string of the molecule is CC(C)c1ccccc1NC1CCNCC1. The Morgan fingerprint density at radius 2 is 1.88 bits per heavy atom. The first-order chi connectivity index (χ1) is 7.77. The van der Waals surface area contributed by atoms with Crippen LogP contribution in [0.5, 0.6) is 0 Å². The lowest BCUT2D eigenvalue weighted by molar-refractivity contribution is 0.478. The summed E-state index contributed by atoms with van der Waals surface area (Å²) >= 11 is 0. The minimum atomic E-state index is 0.588. The van der Waals surface area contributed by atoms with Gasteiger partial charge in [0.15, 0.2) is 0 Å². The summed E-state index contributed by atoms with van der Waals surface area (Å²) in [4.78, 5) is 0. The highest BCUT2D eigenvalue weighted by Gasteiger charge is 2.14. The van der Waals surface area contributed by atoms with Crippen molar-refractivity contribution in [1.29, 1.82) is 0 Å². The highest BCUT2D eigenvalue weighted by Crippen LogP contribution is 2.25. The standard InChI is InChI=1S/C14H22N2/c1-11(2)13-5-3-4-6-14(13)16-12-7-9-15-10-8-12/h3-6,11-12,15-16H,7-10H2,1-2H3. The third kappa shape index (κ3) is 2.76. The van der Waals surface area contributed by atoms with Gasteiger partial charge >= 0.3 is 0 Å². The second kappa shape index (κ2) is 5.35. The summed E-state index contributed by atoms with van der Waals surface area (Å²) in [5.74, 6) is 0.588. The van der Waals surface area contributed by atoms with Gasteiger partial charge in [0, 0.05) is 11.7 Å².